The van der Waals surface area contributed by atoms with Crippen molar-refractivity contribution in [2.24, 2.45) is 5.73 Å². The highest BCUT2D eigenvalue weighted by molar-refractivity contribution is 7.11. The van der Waals surface area contributed by atoms with Crippen molar-refractivity contribution in [3.8, 4) is 5.75 Å². The van der Waals surface area contributed by atoms with E-state index in [2.05, 4.69) is 4.98 Å². The molecule has 0 saturated heterocycles. The predicted molar refractivity (Wildman–Crippen MR) is 70.5 cm³/mol. The molecule has 0 atom stereocenters. The lowest BCUT2D eigenvalue weighted by Crippen LogP contribution is -2.01. The SMILES string of the molecule is Cc1nc(CCN)sc1Cc1cccc(O)c1. The van der Waals surface area contributed by atoms with Crippen LogP contribution in [-0.2, 0) is 12.8 Å². The van der Waals surface area contributed by atoms with Gasteiger partial charge in [-0.3, -0.25) is 0 Å². The molecule has 2 aromatic rings. The molecule has 0 amide bonds. The van der Waals surface area contributed by atoms with Gasteiger partial charge in [-0.15, -0.1) is 11.3 Å². The topological polar surface area (TPSA) is 59.1 Å². The molecule has 3 N–H and O–H groups in total. The molecule has 0 fully saturated rings. The largest absolute Gasteiger partial charge is 0.508 e. The molecule has 1 aromatic heterocycles. The van der Waals surface area contributed by atoms with Crippen molar-refractivity contribution < 1.29 is 5.11 Å². The molecule has 0 bridgehead atoms. The van der Waals surface area contributed by atoms with Gasteiger partial charge >= 0.3 is 0 Å². The first kappa shape index (κ1) is 12.1. The number of aromatic nitrogens is 1. The monoisotopic (exact) mass is 248 g/mol. The summed E-state index contributed by atoms with van der Waals surface area (Å²) in [6.07, 6.45) is 1.66. The number of phenolic OH excluding ortho intramolecular Hbond substituents is 1. The van der Waals surface area contributed by atoms with Gasteiger partial charge in [0.05, 0.1) is 10.7 Å². The Labute approximate surface area is 105 Å². The van der Waals surface area contributed by atoms with Crippen LogP contribution in [0, 0.1) is 6.92 Å². The van der Waals surface area contributed by atoms with Gasteiger partial charge in [0.15, 0.2) is 0 Å². The van der Waals surface area contributed by atoms with E-state index in [0.717, 1.165) is 29.1 Å². The van der Waals surface area contributed by atoms with Gasteiger partial charge in [0.2, 0.25) is 0 Å². The first-order valence-electron chi connectivity index (χ1n) is 5.62. The summed E-state index contributed by atoms with van der Waals surface area (Å²) in [5, 5.41) is 10.5. The molecule has 0 aliphatic carbocycles. The molecular weight excluding hydrogens is 232 g/mol. The molecule has 90 valence electrons. The van der Waals surface area contributed by atoms with Crippen LogP contribution in [0.15, 0.2) is 24.3 Å². The summed E-state index contributed by atoms with van der Waals surface area (Å²) in [5.41, 5.74) is 7.70. The standard InChI is InChI=1S/C13H16N2OS/c1-9-12(17-13(15-9)5-6-14)8-10-3-2-4-11(16)7-10/h2-4,7,16H,5-6,8,14H2,1H3. The Hall–Kier alpha value is -1.39. The zero-order chi connectivity index (χ0) is 12.3. The van der Waals surface area contributed by atoms with Crippen LogP contribution < -0.4 is 5.73 Å². The van der Waals surface area contributed by atoms with Crippen molar-refractivity contribution in [1.82, 2.24) is 4.98 Å². The minimum atomic E-state index is 0.312. The number of aryl methyl sites for hydroxylation is 1. The highest BCUT2D eigenvalue weighted by Gasteiger charge is 2.08. The maximum Gasteiger partial charge on any atom is 0.115 e. The highest BCUT2D eigenvalue weighted by Crippen LogP contribution is 2.23. The molecule has 1 aromatic carbocycles. The number of hydrogen-bond donors (Lipinski definition) is 2. The van der Waals surface area contributed by atoms with Crippen LogP contribution in [-0.4, -0.2) is 16.6 Å². The average Bonchev–Trinajstić information content (AvgIpc) is 2.60. The number of aromatic hydroxyl groups is 1. The van der Waals surface area contributed by atoms with E-state index >= 15 is 0 Å². The number of benzene rings is 1. The van der Waals surface area contributed by atoms with E-state index in [1.54, 1.807) is 23.5 Å². The number of nitrogens with two attached hydrogens (primary N) is 1. The fraction of sp³-hybridized carbons (Fsp3) is 0.308. The molecule has 1 heterocycles. The number of phenols is 1. The Morgan fingerprint density at radius 1 is 1.41 bits per heavy atom. The maximum atomic E-state index is 9.42. The number of rotatable bonds is 4. The van der Waals surface area contributed by atoms with Crippen LogP contribution >= 0.6 is 11.3 Å². The summed E-state index contributed by atoms with van der Waals surface area (Å²) >= 11 is 1.71. The number of hydrogen-bond acceptors (Lipinski definition) is 4. The van der Waals surface area contributed by atoms with Crippen molar-refractivity contribution in [1.29, 1.82) is 0 Å². The van der Waals surface area contributed by atoms with Gasteiger partial charge in [0, 0.05) is 17.7 Å². The van der Waals surface area contributed by atoms with E-state index in [4.69, 9.17) is 5.73 Å². The van der Waals surface area contributed by atoms with Crippen LogP contribution in [0.5, 0.6) is 5.75 Å². The van der Waals surface area contributed by atoms with Crippen LogP contribution in [0.1, 0.15) is 21.1 Å². The van der Waals surface area contributed by atoms with Crippen molar-refractivity contribution in [2.45, 2.75) is 19.8 Å². The Bertz CT molecular complexity index is 508. The maximum absolute atomic E-state index is 9.42. The molecular formula is C13H16N2OS. The van der Waals surface area contributed by atoms with Crippen LogP contribution in [0.3, 0.4) is 0 Å². The van der Waals surface area contributed by atoms with E-state index in [9.17, 15) is 5.11 Å². The van der Waals surface area contributed by atoms with Gasteiger partial charge < -0.3 is 10.8 Å². The second-order valence-electron chi connectivity index (χ2n) is 4.00. The van der Waals surface area contributed by atoms with Gasteiger partial charge in [-0.1, -0.05) is 12.1 Å². The second-order valence-corrected chi connectivity index (χ2v) is 5.17. The lowest BCUT2D eigenvalue weighted by molar-refractivity contribution is 0.474. The minimum Gasteiger partial charge on any atom is -0.508 e. The van der Waals surface area contributed by atoms with Crippen molar-refractivity contribution in [3.63, 3.8) is 0 Å². The molecule has 0 unspecified atom stereocenters. The van der Waals surface area contributed by atoms with E-state index < -0.39 is 0 Å². The predicted octanol–water partition coefficient (Wildman–Crippen LogP) is 2.25. The second kappa shape index (κ2) is 5.29. The first-order valence-corrected chi connectivity index (χ1v) is 6.44. The summed E-state index contributed by atoms with van der Waals surface area (Å²) in [5.74, 6) is 0.312. The molecule has 0 spiro atoms. The molecule has 0 aliphatic rings. The lowest BCUT2D eigenvalue weighted by atomic mass is 10.1. The van der Waals surface area contributed by atoms with Gasteiger partial charge in [-0.25, -0.2) is 4.98 Å². The first-order chi connectivity index (χ1) is 8.19. The number of nitrogens with zero attached hydrogens (tertiary/aromatic N) is 1. The highest BCUT2D eigenvalue weighted by atomic mass is 32.1. The number of thiazole rings is 1. The zero-order valence-corrected chi connectivity index (χ0v) is 10.6. The Morgan fingerprint density at radius 2 is 2.24 bits per heavy atom. The molecule has 3 nitrogen and oxygen atoms in total. The molecule has 0 radical (unpaired) electrons. The summed E-state index contributed by atoms with van der Waals surface area (Å²) in [7, 11) is 0. The summed E-state index contributed by atoms with van der Waals surface area (Å²) < 4.78 is 0. The molecule has 2 rings (SSSR count). The fourth-order valence-corrected chi connectivity index (χ4v) is 2.85. The van der Waals surface area contributed by atoms with Gasteiger partial charge in [-0.2, -0.15) is 0 Å². The van der Waals surface area contributed by atoms with Gasteiger partial charge in [0.1, 0.15) is 5.75 Å². The summed E-state index contributed by atoms with van der Waals surface area (Å²) in [6.45, 7) is 2.66. The normalized spacial score (nSPS) is 10.7. The molecule has 17 heavy (non-hydrogen) atoms. The third-order valence-corrected chi connectivity index (χ3v) is 3.79. The van der Waals surface area contributed by atoms with Gasteiger partial charge in [-0.05, 0) is 31.2 Å². The minimum absolute atomic E-state index is 0.312. The van der Waals surface area contributed by atoms with E-state index in [1.165, 1.54) is 4.88 Å². The Balaban J connectivity index is 2.18. The Kier molecular flexibility index (Phi) is 3.76. The van der Waals surface area contributed by atoms with Crippen molar-refractivity contribution >= 4 is 11.3 Å². The third kappa shape index (κ3) is 3.05. The third-order valence-electron chi connectivity index (χ3n) is 2.57. The van der Waals surface area contributed by atoms with E-state index in [0.29, 0.717) is 12.3 Å². The van der Waals surface area contributed by atoms with E-state index in [-0.39, 0.29) is 0 Å². The summed E-state index contributed by atoms with van der Waals surface area (Å²) in [6, 6.07) is 7.36. The Morgan fingerprint density at radius 3 is 2.94 bits per heavy atom. The van der Waals surface area contributed by atoms with Crippen LogP contribution in [0.25, 0.3) is 0 Å². The zero-order valence-electron chi connectivity index (χ0n) is 9.81. The average molecular weight is 248 g/mol. The fourth-order valence-electron chi connectivity index (χ4n) is 1.73. The molecule has 4 heteroatoms. The molecule has 0 aliphatic heterocycles. The smallest absolute Gasteiger partial charge is 0.115 e. The lowest BCUT2D eigenvalue weighted by Gasteiger charge is -2.00. The van der Waals surface area contributed by atoms with E-state index in [1.807, 2.05) is 19.1 Å². The van der Waals surface area contributed by atoms with Gasteiger partial charge in [0.25, 0.3) is 0 Å². The van der Waals surface area contributed by atoms with Crippen molar-refractivity contribution in [3.05, 3.63) is 45.4 Å². The molecule has 0 saturated carbocycles. The quantitative estimate of drug-likeness (QED) is 0.872. The van der Waals surface area contributed by atoms with Crippen LogP contribution in [0.2, 0.25) is 0 Å². The summed E-state index contributed by atoms with van der Waals surface area (Å²) in [4.78, 5) is 5.74. The van der Waals surface area contributed by atoms with Crippen molar-refractivity contribution in [2.75, 3.05) is 6.54 Å². The van der Waals surface area contributed by atoms with Crippen LogP contribution in [0.4, 0.5) is 0 Å².